The fourth-order valence-electron chi connectivity index (χ4n) is 2.33. The predicted molar refractivity (Wildman–Crippen MR) is 91.6 cm³/mol. The first-order valence-corrected chi connectivity index (χ1v) is 7.40. The summed E-state index contributed by atoms with van der Waals surface area (Å²) in [6, 6.07) is 15.0. The van der Waals surface area contributed by atoms with Crippen LogP contribution in [0.3, 0.4) is 0 Å². The molecule has 1 N–H and O–H groups in total. The van der Waals surface area contributed by atoms with Crippen molar-refractivity contribution in [1.82, 2.24) is 5.32 Å². The van der Waals surface area contributed by atoms with Crippen LogP contribution < -0.4 is 14.8 Å². The van der Waals surface area contributed by atoms with Gasteiger partial charge in [-0.05, 0) is 25.1 Å². The molecule has 2 aromatic rings. The maximum absolute atomic E-state index is 12.1. The van der Waals surface area contributed by atoms with Crippen LogP contribution in [0.25, 0.3) is 6.08 Å². The molecule has 0 spiro atoms. The molecule has 0 heterocycles. The van der Waals surface area contributed by atoms with Gasteiger partial charge in [-0.25, -0.2) is 0 Å². The number of ether oxygens (including phenoxy) is 2. The number of para-hydroxylation sites is 2. The molecule has 0 bridgehead atoms. The number of hydrogen-bond donors (Lipinski definition) is 1. The van der Waals surface area contributed by atoms with Gasteiger partial charge in [0.2, 0.25) is 5.91 Å². The van der Waals surface area contributed by atoms with Crippen LogP contribution in [0, 0.1) is 0 Å². The molecule has 4 heteroatoms. The minimum atomic E-state index is -0.172. The summed E-state index contributed by atoms with van der Waals surface area (Å²) in [5.74, 6) is 1.32. The van der Waals surface area contributed by atoms with Crippen LogP contribution in [0.4, 0.5) is 0 Å². The summed E-state index contributed by atoms with van der Waals surface area (Å²) in [4.78, 5) is 12.1. The van der Waals surface area contributed by atoms with Crippen molar-refractivity contribution in [2.24, 2.45) is 0 Å². The first-order chi connectivity index (χ1) is 11.2. The van der Waals surface area contributed by atoms with E-state index in [1.54, 1.807) is 20.3 Å². The molecular weight excluding hydrogens is 290 g/mol. The molecule has 0 saturated heterocycles. The molecule has 1 atom stereocenters. The van der Waals surface area contributed by atoms with Gasteiger partial charge in [-0.1, -0.05) is 36.4 Å². The topological polar surface area (TPSA) is 47.6 Å². The van der Waals surface area contributed by atoms with Crippen molar-refractivity contribution in [3.8, 4) is 11.5 Å². The molecule has 0 radical (unpaired) electrons. The number of hydrogen-bond acceptors (Lipinski definition) is 3. The Labute approximate surface area is 136 Å². The van der Waals surface area contributed by atoms with Gasteiger partial charge in [0.25, 0.3) is 0 Å². The number of benzene rings is 2. The van der Waals surface area contributed by atoms with Crippen LogP contribution in [-0.4, -0.2) is 20.1 Å². The van der Waals surface area contributed by atoms with E-state index in [2.05, 4.69) is 5.32 Å². The number of methoxy groups -OCH3 is 2. The first-order valence-electron chi connectivity index (χ1n) is 7.40. The Kier molecular flexibility index (Phi) is 5.80. The average molecular weight is 311 g/mol. The van der Waals surface area contributed by atoms with Gasteiger partial charge in [0.1, 0.15) is 11.5 Å². The minimum Gasteiger partial charge on any atom is -0.496 e. The fourth-order valence-corrected chi connectivity index (χ4v) is 2.33. The Hall–Kier alpha value is -2.75. The van der Waals surface area contributed by atoms with Gasteiger partial charge < -0.3 is 14.8 Å². The molecule has 1 unspecified atom stereocenters. The van der Waals surface area contributed by atoms with Crippen molar-refractivity contribution < 1.29 is 14.3 Å². The maximum atomic E-state index is 12.1. The molecule has 4 nitrogen and oxygen atoms in total. The van der Waals surface area contributed by atoms with E-state index >= 15 is 0 Å². The van der Waals surface area contributed by atoms with Gasteiger partial charge in [-0.15, -0.1) is 0 Å². The van der Waals surface area contributed by atoms with Crippen LogP contribution in [0.1, 0.15) is 24.1 Å². The summed E-state index contributed by atoms with van der Waals surface area (Å²) in [6.07, 6.45) is 3.24. The monoisotopic (exact) mass is 311 g/mol. The SMILES string of the molecule is COc1ccccc1/C=C/C(=O)NC(C)c1ccccc1OC. The lowest BCUT2D eigenvalue weighted by molar-refractivity contribution is -0.117. The smallest absolute Gasteiger partial charge is 0.244 e. The standard InChI is InChI=1S/C19H21NO3/c1-14(16-9-5-7-11-18(16)23-3)20-19(21)13-12-15-8-4-6-10-17(15)22-2/h4-14H,1-3H3,(H,20,21)/b13-12+. The largest absolute Gasteiger partial charge is 0.496 e. The van der Waals surface area contributed by atoms with Gasteiger partial charge in [0.05, 0.1) is 20.3 Å². The zero-order valence-electron chi connectivity index (χ0n) is 13.6. The molecule has 0 aliphatic carbocycles. The average Bonchev–Trinajstić information content (AvgIpc) is 2.60. The van der Waals surface area contributed by atoms with E-state index in [1.165, 1.54) is 6.08 Å². The zero-order valence-corrected chi connectivity index (χ0v) is 13.6. The maximum Gasteiger partial charge on any atom is 0.244 e. The van der Waals surface area contributed by atoms with Gasteiger partial charge in [-0.2, -0.15) is 0 Å². The van der Waals surface area contributed by atoms with Crippen LogP contribution in [0.5, 0.6) is 11.5 Å². The normalized spacial score (nSPS) is 12.0. The van der Waals surface area contributed by atoms with Crippen molar-refractivity contribution in [2.75, 3.05) is 14.2 Å². The lowest BCUT2D eigenvalue weighted by Crippen LogP contribution is -2.24. The van der Waals surface area contributed by atoms with E-state index < -0.39 is 0 Å². The second-order valence-electron chi connectivity index (χ2n) is 5.05. The Bertz CT molecular complexity index is 695. The molecule has 0 saturated carbocycles. The quantitative estimate of drug-likeness (QED) is 0.829. The second kappa shape index (κ2) is 8.03. The molecule has 0 aliphatic rings. The van der Waals surface area contributed by atoms with Crippen LogP contribution in [0.15, 0.2) is 54.6 Å². The summed E-state index contributed by atoms with van der Waals surface area (Å²) in [5, 5.41) is 2.93. The Morgan fingerprint density at radius 2 is 1.61 bits per heavy atom. The van der Waals surface area contributed by atoms with E-state index in [-0.39, 0.29) is 11.9 Å². The molecule has 0 aromatic heterocycles. The van der Waals surface area contributed by atoms with E-state index in [1.807, 2.05) is 55.5 Å². The Balaban J connectivity index is 2.05. The van der Waals surface area contributed by atoms with Gasteiger partial charge >= 0.3 is 0 Å². The first kappa shape index (κ1) is 16.6. The minimum absolute atomic E-state index is 0.152. The van der Waals surface area contributed by atoms with Crippen LogP contribution in [-0.2, 0) is 4.79 Å². The van der Waals surface area contributed by atoms with Crippen molar-refractivity contribution in [1.29, 1.82) is 0 Å². The molecule has 120 valence electrons. The highest BCUT2D eigenvalue weighted by atomic mass is 16.5. The molecule has 23 heavy (non-hydrogen) atoms. The number of carbonyl (C=O) groups is 1. The zero-order chi connectivity index (χ0) is 16.7. The number of amides is 1. The number of rotatable bonds is 6. The summed E-state index contributed by atoms with van der Waals surface area (Å²) in [6.45, 7) is 1.92. The number of carbonyl (C=O) groups excluding carboxylic acids is 1. The van der Waals surface area contributed by atoms with E-state index in [9.17, 15) is 4.79 Å². The van der Waals surface area contributed by atoms with E-state index in [0.29, 0.717) is 0 Å². The highest BCUT2D eigenvalue weighted by molar-refractivity contribution is 5.92. The third-order valence-corrected chi connectivity index (χ3v) is 3.52. The number of nitrogens with one attached hydrogen (secondary N) is 1. The van der Waals surface area contributed by atoms with Crippen molar-refractivity contribution in [3.05, 3.63) is 65.7 Å². The highest BCUT2D eigenvalue weighted by Crippen LogP contribution is 2.24. The molecule has 2 aromatic carbocycles. The van der Waals surface area contributed by atoms with Crippen LogP contribution >= 0.6 is 0 Å². The van der Waals surface area contributed by atoms with Crippen molar-refractivity contribution in [2.45, 2.75) is 13.0 Å². The summed E-state index contributed by atoms with van der Waals surface area (Å²) in [7, 11) is 3.23. The van der Waals surface area contributed by atoms with Crippen LogP contribution in [0.2, 0.25) is 0 Å². The lowest BCUT2D eigenvalue weighted by Gasteiger charge is -2.16. The van der Waals surface area contributed by atoms with Gasteiger partial charge in [-0.3, -0.25) is 4.79 Å². The molecule has 0 fully saturated rings. The summed E-state index contributed by atoms with van der Waals surface area (Å²) < 4.78 is 10.6. The predicted octanol–water partition coefficient (Wildman–Crippen LogP) is 3.59. The molecular formula is C19H21NO3. The lowest BCUT2D eigenvalue weighted by atomic mass is 10.1. The molecule has 0 aliphatic heterocycles. The third kappa shape index (κ3) is 4.36. The summed E-state index contributed by atoms with van der Waals surface area (Å²) >= 11 is 0. The van der Waals surface area contributed by atoms with E-state index in [0.717, 1.165) is 22.6 Å². The van der Waals surface area contributed by atoms with Crippen molar-refractivity contribution in [3.63, 3.8) is 0 Å². The van der Waals surface area contributed by atoms with Gasteiger partial charge in [0.15, 0.2) is 0 Å². The molecule has 2 rings (SSSR count). The third-order valence-electron chi connectivity index (χ3n) is 3.52. The van der Waals surface area contributed by atoms with Crippen molar-refractivity contribution >= 4 is 12.0 Å². The second-order valence-corrected chi connectivity index (χ2v) is 5.05. The van der Waals surface area contributed by atoms with E-state index in [4.69, 9.17) is 9.47 Å². The molecule has 1 amide bonds. The Morgan fingerprint density at radius 3 is 2.30 bits per heavy atom. The van der Waals surface area contributed by atoms with Gasteiger partial charge in [0, 0.05) is 17.2 Å². The fraction of sp³-hybridized carbons (Fsp3) is 0.211. The summed E-state index contributed by atoms with van der Waals surface area (Å²) in [5.41, 5.74) is 1.80. The highest BCUT2D eigenvalue weighted by Gasteiger charge is 2.12. The Morgan fingerprint density at radius 1 is 1.00 bits per heavy atom.